The number of hydrogen-bond acceptors (Lipinski definition) is 2. The van der Waals surface area contributed by atoms with Crippen molar-refractivity contribution >= 4 is 5.78 Å². The average Bonchev–Trinajstić information content (AvgIpc) is 2.67. The molecule has 2 unspecified atom stereocenters. The van der Waals surface area contributed by atoms with Crippen LogP contribution in [-0.2, 0) is 9.53 Å². The molecule has 2 aliphatic rings. The van der Waals surface area contributed by atoms with Gasteiger partial charge in [0.05, 0.1) is 12.2 Å². The van der Waals surface area contributed by atoms with Crippen LogP contribution in [0.4, 0.5) is 0 Å². The lowest BCUT2D eigenvalue weighted by molar-refractivity contribution is -0.128. The van der Waals surface area contributed by atoms with Crippen LogP contribution in [0.25, 0.3) is 0 Å². The predicted octanol–water partition coefficient (Wildman–Crippen LogP) is 3.65. The van der Waals surface area contributed by atoms with E-state index in [4.69, 9.17) is 4.74 Å². The molecule has 2 heteroatoms. The van der Waals surface area contributed by atoms with Crippen LogP contribution in [0.2, 0.25) is 0 Å². The Morgan fingerprint density at radius 1 is 1.18 bits per heavy atom. The van der Waals surface area contributed by atoms with E-state index in [-0.39, 0.29) is 0 Å². The van der Waals surface area contributed by atoms with Crippen molar-refractivity contribution in [1.29, 1.82) is 0 Å². The smallest absolute Gasteiger partial charge is 0.136 e. The fourth-order valence-corrected chi connectivity index (χ4v) is 3.09. The van der Waals surface area contributed by atoms with Gasteiger partial charge in [-0.25, -0.2) is 0 Å². The maximum Gasteiger partial charge on any atom is 0.136 e. The molecule has 2 atom stereocenters. The van der Waals surface area contributed by atoms with E-state index < -0.39 is 0 Å². The van der Waals surface area contributed by atoms with Gasteiger partial charge in [0.25, 0.3) is 0 Å². The first-order valence-corrected chi connectivity index (χ1v) is 7.08. The Labute approximate surface area is 104 Å². The fraction of sp³-hybridized carbons (Fsp3) is 0.800. The van der Waals surface area contributed by atoms with Crippen LogP contribution in [0.3, 0.4) is 0 Å². The molecule has 0 radical (unpaired) electrons. The van der Waals surface area contributed by atoms with Crippen molar-refractivity contribution in [3.05, 3.63) is 12.7 Å². The minimum Gasteiger partial charge on any atom is -0.375 e. The second kappa shape index (κ2) is 6.34. The van der Waals surface area contributed by atoms with E-state index in [0.717, 1.165) is 38.5 Å². The molecular weight excluding hydrogens is 212 g/mol. The highest BCUT2D eigenvalue weighted by molar-refractivity contribution is 5.81. The fourth-order valence-electron chi connectivity index (χ4n) is 3.09. The van der Waals surface area contributed by atoms with Crippen molar-refractivity contribution in [2.75, 3.05) is 0 Å². The second-order valence-electron chi connectivity index (χ2n) is 5.48. The molecule has 0 aromatic rings. The van der Waals surface area contributed by atoms with Gasteiger partial charge >= 0.3 is 0 Å². The minimum atomic E-state index is 0.306. The molecule has 0 aliphatic carbocycles. The first-order chi connectivity index (χ1) is 8.29. The van der Waals surface area contributed by atoms with Crippen molar-refractivity contribution in [3.63, 3.8) is 0 Å². The highest BCUT2D eigenvalue weighted by Crippen LogP contribution is 2.36. The first kappa shape index (κ1) is 12.8. The van der Waals surface area contributed by atoms with Crippen molar-refractivity contribution in [3.8, 4) is 0 Å². The summed E-state index contributed by atoms with van der Waals surface area (Å²) >= 11 is 0. The standard InChI is InChI=1S/C15H24O2/c1-2-3-4-5-6-7-15(16)12-10-13-8-9-14(11-12)17-13/h2,12-14H,1,3-11H2. The van der Waals surface area contributed by atoms with Gasteiger partial charge in [-0.1, -0.05) is 12.5 Å². The van der Waals surface area contributed by atoms with Crippen LogP contribution in [0, 0.1) is 5.92 Å². The molecule has 2 heterocycles. The summed E-state index contributed by atoms with van der Waals surface area (Å²) in [7, 11) is 0. The molecule has 0 aromatic heterocycles. The molecule has 2 rings (SSSR count). The highest BCUT2D eigenvalue weighted by Gasteiger charge is 2.37. The zero-order valence-corrected chi connectivity index (χ0v) is 10.7. The van der Waals surface area contributed by atoms with Gasteiger partial charge < -0.3 is 4.74 Å². The van der Waals surface area contributed by atoms with Crippen LogP contribution in [0.1, 0.15) is 57.8 Å². The molecule has 2 aliphatic heterocycles. The van der Waals surface area contributed by atoms with Gasteiger partial charge in [-0.15, -0.1) is 6.58 Å². The number of allylic oxidation sites excluding steroid dienone is 1. The Morgan fingerprint density at radius 3 is 2.53 bits per heavy atom. The Balaban J connectivity index is 1.64. The molecule has 0 N–H and O–H groups in total. The third-order valence-electron chi connectivity index (χ3n) is 4.08. The molecule has 0 amide bonds. The maximum absolute atomic E-state index is 12.1. The van der Waals surface area contributed by atoms with Gasteiger partial charge in [0.2, 0.25) is 0 Å². The van der Waals surface area contributed by atoms with Gasteiger partial charge in [-0.05, 0) is 44.9 Å². The van der Waals surface area contributed by atoms with Crippen LogP contribution in [-0.4, -0.2) is 18.0 Å². The zero-order chi connectivity index (χ0) is 12.1. The van der Waals surface area contributed by atoms with E-state index in [1.54, 1.807) is 0 Å². The van der Waals surface area contributed by atoms with Gasteiger partial charge in [-0.3, -0.25) is 4.79 Å². The molecule has 96 valence electrons. The average molecular weight is 236 g/mol. The topological polar surface area (TPSA) is 26.3 Å². The molecule has 2 fully saturated rings. The summed E-state index contributed by atoms with van der Waals surface area (Å²) < 4.78 is 5.77. The summed E-state index contributed by atoms with van der Waals surface area (Å²) in [5, 5.41) is 0. The van der Waals surface area contributed by atoms with Crippen LogP contribution in [0.15, 0.2) is 12.7 Å². The number of ketones is 1. The third kappa shape index (κ3) is 3.67. The summed E-state index contributed by atoms with van der Waals surface area (Å²) in [5.74, 6) is 0.796. The van der Waals surface area contributed by atoms with E-state index in [0.29, 0.717) is 23.9 Å². The summed E-state index contributed by atoms with van der Waals surface area (Å²) in [6, 6.07) is 0. The highest BCUT2D eigenvalue weighted by atomic mass is 16.5. The van der Waals surface area contributed by atoms with E-state index in [1.807, 2.05) is 6.08 Å². The Kier molecular flexibility index (Phi) is 4.78. The quantitative estimate of drug-likeness (QED) is 0.498. The van der Waals surface area contributed by atoms with Crippen molar-refractivity contribution in [2.45, 2.75) is 70.0 Å². The largest absolute Gasteiger partial charge is 0.375 e. The van der Waals surface area contributed by atoms with Crippen LogP contribution < -0.4 is 0 Å². The molecule has 0 spiro atoms. The summed E-state index contributed by atoms with van der Waals surface area (Å²) in [6.45, 7) is 3.71. The second-order valence-corrected chi connectivity index (χ2v) is 5.48. The summed E-state index contributed by atoms with van der Waals surface area (Å²) in [6.07, 6.45) is 12.3. The van der Waals surface area contributed by atoms with Crippen molar-refractivity contribution < 1.29 is 9.53 Å². The lowest BCUT2D eigenvalue weighted by Gasteiger charge is -2.27. The zero-order valence-electron chi connectivity index (χ0n) is 10.7. The van der Waals surface area contributed by atoms with Gasteiger partial charge in [0, 0.05) is 12.3 Å². The summed E-state index contributed by atoms with van der Waals surface area (Å²) in [5.41, 5.74) is 0. The van der Waals surface area contributed by atoms with Crippen molar-refractivity contribution in [1.82, 2.24) is 0 Å². The number of rotatable bonds is 7. The number of fused-ring (bicyclic) bond motifs is 2. The van der Waals surface area contributed by atoms with Gasteiger partial charge in [0.15, 0.2) is 0 Å². The Bertz CT molecular complexity index is 260. The van der Waals surface area contributed by atoms with E-state index in [1.165, 1.54) is 19.3 Å². The van der Waals surface area contributed by atoms with E-state index in [2.05, 4.69) is 6.58 Å². The molecular formula is C15H24O2. The summed E-state index contributed by atoms with van der Waals surface area (Å²) in [4.78, 5) is 12.1. The molecule has 0 aromatic carbocycles. The van der Waals surface area contributed by atoms with Crippen LogP contribution in [0.5, 0.6) is 0 Å². The monoisotopic (exact) mass is 236 g/mol. The lowest BCUT2D eigenvalue weighted by atomic mass is 9.89. The minimum absolute atomic E-state index is 0.306. The Hall–Kier alpha value is -0.630. The number of ether oxygens (including phenoxy) is 1. The predicted molar refractivity (Wildman–Crippen MR) is 68.9 cm³/mol. The molecule has 2 bridgehead atoms. The van der Waals surface area contributed by atoms with Crippen molar-refractivity contribution in [2.24, 2.45) is 5.92 Å². The molecule has 0 saturated carbocycles. The van der Waals surface area contributed by atoms with Gasteiger partial charge in [0.1, 0.15) is 5.78 Å². The molecule has 17 heavy (non-hydrogen) atoms. The normalized spacial score (nSPS) is 31.4. The first-order valence-electron chi connectivity index (χ1n) is 7.08. The SMILES string of the molecule is C=CCCCCCC(=O)C1CC2CCC(C1)O2. The molecule has 2 saturated heterocycles. The number of carbonyl (C=O) groups is 1. The number of unbranched alkanes of at least 4 members (excludes halogenated alkanes) is 3. The number of Topliss-reactive ketones (excluding diaryl/α,β-unsaturated/α-hetero) is 1. The number of hydrogen-bond donors (Lipinski definition) is 0. The lowest BCUT2D eigenvalue weighted by Crippen LogP contribution is -2.29. The maximum atomic E-state index is 12.1. The van der Waals surface area contributed by atoms with E-state index in [9.17, 15) is 4.79 Å². The molecule has 2 nitrogen and oxygen atoms in total. The third-order valence-corrected chi connectivity index (χ3v) is 4.08. The van der Waals surface area contributed by atoms with Crippen LogP contribution >= 0.6 is 0 Å². The van der Waals surface area contributed by atoms with E-state index >= 15 is 0 Å². The Morgan fingerprint density at radius 2 is 1.88 bits per heavy atom. The van der Waals surface area contributed by atoms with Gasteiger partial charge in [-0.2, -0.15) is 0 Å². The number of carbonyl (C=O) groups excluding carboxylic acids is 1.